The Morgan fingerprint density at radius 3 is 2.40 bits per heavy atom. The lowest BCUT2D eigenvalue weighted by molar-refractivity contribution is -0.142. The summed E-state index contributed by atoms with van der Waals surface area (Å²) in [5.74, 6) is -3.59. The predicted molar refractivity (Wildman–Crippen MR) is 56.6 cm³/mol. The summed E-state index contributed by atoms with van der Waals surface area (Å²) in [6, 6.07) is 0. The number of carbonyl (C=O) groups is 2. The Hall–Kier alpha value is -1.58. The van der Waals surface area contributed by atoms with Crippen molar-refractivity contribution in [2.75, 3.05) is 0 Å². The van der Waals surface area contributed by atoms with Crippen LogP contribution in [0.3, 0.4) is 0 Å². The van der Waals surface area contributed by atoms with Crippen LogP contribution in [0.4, 0.5) is 0 Å². The number of allylic oxidation sites excluding steroid dienone is 1. The molecule has 84 valence electrons. The number of hydrogen-bond donors (Lipinski definition) is 2. The number of hydrogen-bond acceptors (Lipinski definition) is 2. The number of carboxylic acid groups (broad SMARTS) is 2. The molecule has 1 unspecified atom stereocenters. The Kier molecular flexibility index (Phi) is 6.09. The fraction of sp³-hybridized carbons (Fsp3) is 0.455. The zero-order valence-electron chi connectivity index (χ0n) is 8.77. The molecule has 0 aromatic heterocycles. The highest BCUT2D eigenvalue weighted by molar-refractivity contribution is 5.94. The third-order valence-corrected chi connectivity index (χ3v) is 1.97. The van der Waals surface area contributed by atoms with E-state index in [1.165, 1.54) is 6.08 Å². The van der Waals surface area contributed by atoms with Gasteiger partial charge in [-0.15, -0.1) is 0 Å². The van der Waals surface area contributed by atoms with E-state index in [0.29, 0.717) is 0 Å². The van der Waals surface area contributed by atoms with Gasteiger partial charge in [-0.2, -0.15) is 0 Å². The fourth-order valence-corrected chi connectivity index (χ4v) is 1.03. The smallest absolute Gasteiger partial charge is 0.332 e. The molecule has 0 radical (unpaired) electrons. The summed E-state index contributed by atoms with van der Waals surface area (Å²) in [6.07, 6.45) is 5.81. The van der Waals surface area contributed by atoms with Gasteiger partial charge in [-0.1, -0.05) is 38.5 Å². The fourth-order valence-electron chi connectivity index (χ4n) is 1.03. The third kappa shape index (κ3) is 5.00. The largest absolute Gasteiger partial charge is 0.481 e. The van der Waals surface area contributed by atoms with Gasteiger partial charge in [0.15, 0.2) is 0 Å². The molecule has 4 heteroatoms. The second kappa shape index (κ2) is 6.81. The summed E-state index contributed by atoms with van der Waals surface area (Å²) in [5.41, 5.74) is -0.310. The number of aliphatic carboxylic acids is 2. The predicted octanol–water partition coefficient (Wildman–Crippen LogP) is 2.07. The third-order valence-electron chi connectivity index (χ3n) is 1.97. The lowest BCUT2D eigenvalue weighted by Gasteiger charge is -2.06. The molecule has 0 heterocycles. The summed E-state index contributed by atoms with van der Waals surface area (Å²) in [5, 5.41) is 17.4. The van der Waals surface area contributed by atoms with Gasteiger partial charge in [0.2, 0.25) is 0 Å². The molecule has 0 saturated carbocycles. The van der Waals surface area contributed by atoms with E-state index in [1.807, 2.05) is 6.92 Å². The summed E-state index contributed by atoms with van der Waals surface area (Å²) in [7, 11) is 0. The number of rotatable bonds is 7. The van der Waals surface area contributed by atoms with Gasteiger partial charge in [-0.25, -0.2) is 4.79 Å². The topological polar surface area (TPSA) is 74.6 Å². The minimum atomic E-state index is -1.28. The van der Waals surface area contributed by atoms with Crippen molar-refractivity contribution in [2.24, 2.45) is 5.92 Å². The molecule has 0 aliphatic rings. The van der Waals surface area contributed by atoms with Crippen LogP contribution < -0.4 is 0 Å². The lowest BCUT2D eigenvalue weighted by Crippen LogP contribution is -2.18. The minimum absolute atomic E-state index is 0.310. The Labute approximate surface area is 88.9 Å². The Balaban J connectivity index is 4.41. The normalized spacial score (nSPS) is 12.6. The maximum absolute atomic E-state index is 10.7. The second-order valence-electron chi connectivity index (χ2n) is 3.22. The molecule has 0 aromatic rings. The second-order valence-corrected chi connectivity index (χ2v) is 3.22. The van der Waals surface area contributed by atoms with Gasteiger partial charge in [0.05, 0.1) is 0 Å². The molecular formula is C11H16O4. The van der Waals surface area contributed by atoms with E-state index in [2.05, 4.69) is 6.58 Å². The molecule has 0 fully saturated rings. The summed E-state index contributed by atoms with van der Waals surface area (Å²) >= 11 is 0. The van der Waals surface area contributed by atoms with Gasteiger partial charge in [0.1, 0.15) is 5.92 Å². The van der Waals surface area contributed by atoms with Crippen LogP contribution >= 0.6 is 0 Å². The van der Waals surface area contributed by atoms with Gasteiger partial charge < -0.3 is 10.2 Å². The first-order valence-corrected chi connectivity index (χ1v) is 4.82. The Morgan fingerprint density at radius 2 is 2.00 bits per heavy atom. The SMILES string of the molecule is C=C(C(=O)O)C(C=CCCCC)C(=O)O. The molecular weight excluding hydrogens is 196 g/mol. The van der Waals surface area contributed by atoms with Gasteiger partial charge in [-0.05, 0) is 6.42 Å². The molecule has 0 rings (SSSR count). The molecule has 0 bridgehead atoms. The zero-order chi connectivity index (χ0) is 11.8. The molecule has 4 nitrogen and oxygen atoms in total. The molecule has 0 aliphatic heterocycles. The van der Waals surface area contributed by atoms with Crippen LogP contribution in [0.1, 0.15) is 26.2 Å². The van der Waals surface area contributed by atoms with Crippen LogP contribution in [-0.2, 0) is 9.59 Å². The van der Waals surface area contributed by atoms with Crippen molar-refractivity contribution < 1.29 is 19.8 Å². The van der Waals surface area contributed by atoms with E-state index in [-0.39, 0.29) is 5.57 Å². The summed E-state index contributed by atoms with van der Waals surface area (Å²) in [6.45, 7) is 5.27. The lowest BCUT2D eigenvalue weighted by atomic mass is 10.00. The van der Waals surface area contributed by atoms with E-state index in [4.69, 9.17) is 10.2 Å². The zero-order valence-corrected chi connectivity index (χ0v) is 8.77. The van der Waals surface area contributed by atoms with Crippen molar-refractivity contribution in [3.05, 3.63) is 24.3 Å². The molecule has 0 saturated heterocycles. The summed E-state index contributed by atoms with van der Waals surface area (Å²) in [4.78, 5) is 21.3. The highest BCUT2D eigenvalue weighted by Crippen LogP contribution is 2.12. The van der Waals surface area contributed by atoms with Gasteiger partial charge in [0.25, 0.3) is 0 Å². The van der Waals surface area contributed by atoms with Crippen molar-refractivity contribution in [1.29, 1.82) is 0 Å². The molecule has 0 aliphatic carbocycles. The first-order chi connectivity index (χ1) is 7.00. The number of unbranched alkanes of at least 4 members (excludes halogenated alkanes) is 2. The molecule has 2 N–H and O–H groups in total. The maximum atomic E-state index is 10.7. The van der Waals surface area contributed by atoms with Crippen LogP contribution in [0.25, 0.3) is 0 Å². The van der Waals surface area contributed by atoms with E-state index in [9.17, 15) is 9.59 Å². The molecule has 0 aromatic carbocycles. The summed E-state index contributed by atoms with van der Waals surface area (Å²) < 4.78 is 0. The molecule has 15 heavy (non-hydrogen) atoms. The van der Waals surface area contributed by atoms with Crippen molar-refractivity contribution in [1.82, 2.24) is 0 Å². The van der Waals surface area contributed by atoms with Crippen LogP contribution in [0.5, 0.6) is 0 Å². The van der Waals surface area contributed by atoms with Gasteiger partial charge in [0, 0.05) is 5.57 Å². The van der Waals surface area contributed by atoms with Gasteiger partial charge >= 0.3 is 11.9 Å². The van der Waals surface area contributed by atoms with Crippen molar-refractivity contribution >= 4 is 11.9 Å². The van der Waals surface area contributed by atoms with Crippen LogP contribution in [0.15, 0.2) is 24.3 Å². The monoisotopic (exact) mass is 212 g/mol. The molecule has 0 spiro atoms. The quantitative estimate of drug-likeness (QED) is 0.385. The van der Waals surface area contributed by atoms with E-state index < -0.39 is 17.9 Å². The van der Waals surface area contributed by atoms with Crippen LogP contribution in [0, 0.1) is 5.92 Å². The van der Waals surface area contributed by atoms with E-state index in [1.54, 1.807) is 6.08 Å². The average molecular weight is 212 g/mol. The molecule has 0 amide bonds. The van der Waals surface area contributed by atoms with Crippen molar-refractivity contribution in [3.8, 4) is 0 Å². The average Bonchev–Trinajstić information content (AvgIpc) is 2.16. The Morgan fingerprint density at radius 1 is 1.40 bits per heavy atom. The van der Waals surface area contributed by atoms with Crippen LogP contribution in [-0.4, -0.2) is 22.2 Å². The standard InChI is InChI=1S/C11H16O4/c1-3-4-5-6-7-9(11(14)15)8(2)10(12)13/h6-7,9H,2-5H2,1H3,(H,12,13)(H,14,15). The van der Waals surface area contributed by atoms with Gasteiger partial charge in [-0.3, -0.25) is 4.79 Å². The first-order valence-electron chi connectivity index (χ1n) is 4.82. The highest BCUT2D eigenvalue weighted by atomic mass is 16.4. The molecule has 1 atom stereocenters. The van der Waals surface area contributed by atoms with Crippen molar-refractivity contribution in [3.63, 3.8) is 0 Å². The minimum Gasteiger partial charge on any atom is -0.481 e. The Bertz CT molecular complexity index is 278. The first kappa shape index (κ1) is 13.4. The maximum Gasteiger partial charge on any atom is 0.332 e. The van der Waals surface area contributed by atoms with Crippen LogP contribution in [0.2, 0.25) is 0 Å². The number of carboxylic acids is 2. The van der Waals surface area contributed by atoms with E-state index >= 15 is 0 Å². The van der Waals surface area contributed by atoms with Crippen molar-refractivity contribution in [2.45, 2.75) is 26.2 Å². The highest BCUT2D eigenvalue weighted by Gasteiger charge is 2.22. The van der Waals surface area contributed by atoms with E-state index in [0.717, 1.165) is 19.3 Å².